The van der Waals surface area contributed by atoms with Crippen LogP contribution in [0.1, 0.15) is 20.3 Å². The highest BCUT2D eigenvalue weighted by atomic mass is 16.6. The molecule has 0 aromatic heterocycles. The summed E-state index contributed by atoms with van der Waals surface area (Å²) in [4.78, 5) is 11.5. The van der Waals surface area contributed by atoms with Crippen LogP contribution in [0.25, 0.3) is 0 Å². The Hall–Kier alpha value is -1.91. The molecule has 1 unspecified atom stereocenters. The summed E-state index contributed by atoms with van der Waals surface area (Å²) in [6.45, 7) is 3.78. The molecular formula is C12H16O5. The molecule has 2 N–H and O–H groups in total. The lowest BCUT2D eigenvalue weighted by Gasteiger charge is -2.16. The van der Waals surface area contributed by atoms with Gasteiger partial charge in [-0.2, -0.15) is 0 Å². The van der Waals surface area contributed by atoms with Crippen molar-refractivity contribution in [1.29, 1.82) is 0 Å². The highest BCUT2D eigenvalue weighted by Gasteiger charge is 2.19. The summed E-state index contributed by atoms with van der Waals surface area (Å²) in [5.41, 5.74) is 0. The molecule has 17 heavy (non-hydrogen) atoms. The van der Waals surface area contributed by atoms with E-state index in [1.54, 1.807) is 13.8 Å². The van der Waals surface area contributed by atoms with Crippen LogP contribution in [-0.4, -0.2) is 28.9 Å². The summed E-state index contributed by atoms with van der Waals surface area (Å²) in [7, 11) is 0. The van der Waals surface area contributed by atoms with Crippen molar-refractivity contribution in [3.63, 3.8) is 0 Å². The number of hydrogen-bond acceptors (Lipinski definition) is 5. The number of rotatable bonds is 5. The van der Waals surface area contributed by atoms with Crippen molar-refractivity contribution in [2.24, 2.45) is 0 Å². The third-order valence-corrected chi connectivity index (χ3v) is 2.07. The van der Waals surface area contributed by atoms with E-state index in [9.17, 15) is 15.0 Å². The van der Waals surface area contributed by atoms with Gasteiger partial charge in [-0.15, -0.1) is 0 Å². The number of carbonyl (C=O) groups excluding carboxylic acids is 1. The first-order chi connectivity index (χ1) is 8.06. The quantitative estimate of drug-likeness (QED) is 0.768. The maximum absolute atomic E-state index is 11.5. The van der Waals surface area contributed by atoms with Gasteiger partial charge in [0.25, 0.3) is 0 Å². The zero-order chi connectivity index (χ0) is 12.8. The summed E-state index contributed by atoms with van der Waals surface area (Å²) in [6, 6.07) is 3.82. The SMILES string of the molecule is CCOC(=O)C(CC)Oc1cc(O)cc(O)c1. The second-order valence-electron chi connectivity index (χ2n) is 3.45. The van der Waals surface area contributed by atoms with Crippen LogP contribution in [0, 0.1) is 0 Å². The smallest absolute Gasteiger partial charge is 0.347 e. The van der Waals surface area contributed by atoms with Gasteiger partial charge in [-0.3, -0.25) is 0 Å². The Balaban J connectivity index is 2.76. The third kappa shape index (κ3) is 3.86. The van der Waals surface area contributed by atoms with Crippen LogP contribution in [0.5, 0.6) is 17.2 Å². The lowest BCUT2D eigenvalue weighted by molar-refractivity contribution is -0.151. The number of benzene rings is 1. The molecule has 0 amide bonds. The zero-order valence-electron chi connectivity index (χ0n) is 9.84. The van der Waals surface area contributed by atoms with E-state index in [0.717, 1.165) is 0 Å². The molecule has 5 heteroatoms. The Morgan fingerprint density at radius 1 is 1.24 bits per heavy atom. The molecule has 0 heterocycles. The normalized spacial score (nSPS) is 11.9. The van der Waals surface area contributed by atoms with Gasteiger partial charge in [0.2, 0.25) is 0 Å². The molecule has 94 valence electrons. The fourth-order valence-electron chi connectivity index (χ4n) is 1.33. The van der Waals surface area contributed by atoms with Gasteiger partial charge in [0.15, 0.2) is 6.10 Å². The minimum Gasteiger partial charge on any atom is -0.508 e. The largest absolute Gasteiger partial charge is 0.508 e. The molecule has 0 aliphatic rings. The predicted octanol–water partition coefficient (Wildman–Crippen LogP) is 1.82. The van der Waals surface area contributed by atoms with E-state index in [0.29, 0.717) is 6.42 Å². The van der Waals surface area contributed by atoms with Gasteiger partial charge in [-0.1, -0.05) is 6.92 Å². The van der Waals surface area contributed by atoms with Gasteiger partial charge in [0.05, 0.1) is 6.61 Å². The predicted molar refractivity (Wildman–Crippen MR) is 61.1 cm³/mol. The van der Waals surface area contributed by atoms with Crippen molar-refractivity contribution in [2.75, 3.05) is 6.61 Å². The van der Waals surface area contributed by atoms with Gasteiger partial charge < -0.3 is 19.7 Å². The molecule has 0 saturated heterocycles. The van der Waals surface area contributed by atoms with E-state index in [2.05, 4.69) is 0 Å². The monoisotopic (exact) mass is 240 g/mol. The molecule has 1 rings (SSSR count). The van der Waals surface area contributed by atoms with Crippen LogP contribution in [0.3, 0.4) is 0 Å². The fourth-order valence-corrected chi connectivity index (χ4v) is 1.33. The Labute approximate surface area is 99.6 Å². The van der Waals surface area contributed by atoms with Gasteiger partial charge >= 0.3 is 5.97 Å². The Morgan fingerprint density at radius 3 is 2.29 bits per heavy atom. The first-order valence-corrected chi connectivity index (χ1v) is 5.43. The molecule has 5 nitrogen and oxygen atoms in total. The van der Waals surface area contributed by atoms with E-state index in [4.69, 9.17) is 9.47 Å². The molecule has 1 aromatic rings. The highest BCUT2D eigenvalue weighted by Crippen LogP contribution is 2.26. The third-order valence-electron chi connectivity index (χ3n) is 2.07. The van der Waals surface area contributed by atoms with Gasteiger partial charge in [0, 0.05) is 18.2 Å². The fraction of sp³-hybridized carbons (Fsp3) is 0.417. The summed E-state index contributed by atoms with van der Waals surface area (Å²) >= 11 is 0. The summed E-state index contributed by atoms with van der Waals surface area (Å²) < 4.78 is 10.2. The minimum absolute atomic E-state index is 0.126. The highest BCUT2D eigenvalue weighted by molar-refractivity contribution is 5.75. The number of hydrogen-bond donors (Lipinski definition) is 2. The Morgan fingerprint density at radius 2 is 1.82 bits per heavy atom. The molecule has 0 aliphatic carbocycles. The molecule has 0 bridgehead atoms. The molecule has 0 fully saturated rings. The minimum atomic E-state index is -0.740. The zero-order valence-corrected chi connectivity index (χ0v) is 9.84. The van der Waals surface area contributed by atoms with Crippen LogP contribution in [0.4, 0.5) is 0 Å². The molecule has 1 atom stereocenters. The number of phenolic OH excluding ortho intramolecular Hbond substituents is 2. The molecule has 0 aliphatic heterocycles. The van der Waals surface area contributed by atoms with Crippen molar-refractivity contribution in [3.05, 3.63) is 18.2 Å². The maximum atomic E-state index is 11.5. The number of esters is 1. The average molecular weight is 240 g/mol. The lowest BCUT2D eigenvalue weighted by atomic mass is 10.2. The molecule has 1 aromatic carbocycles. The van der Waals surface area contributed by atoms with Crippen LogP contribution in [0.15, 0.2) is 18.2 Å². The number of phenols is 2. The van der Waals surface area contributed by atoms with E-state index < -0.39 is 12.1 Å². The van der Waals surface area contributed by atoms with E-state index >= 15 is 0 Å². The van der Waals surface area contributed by atoms with Crippen LogP contribution >= 0.6 is 0 Å². The van der Waals surface area contributed by atoms with Crippen molar-refractivity contribution < 1.29 is 24.5 Å². The van der Waals surface area contributed by atoms with E-state index in [-0.39, 0.29) is 23.9 Å². The number of aromatic hydroxyl groups is 2. The summed E-state index contributed by atoms with van der Waals surface area (Å²) in [6.07, 6.45) is -0.300. The number of carbonyl (C=O) groups is 1. The van der Waals surface area contributed by atoms with Crippen LogP contribution < -0.4 is 4.74 Å². The molecule has 0 saturated carbocycles. The Kier molecular flexibility index (Phi) is 4.63. The lowest BCUT2D eigenvalue weighted by Crippen LogP contribution is -2.28. The maximum Gasteiger partial charge on any atom is 0.347 e. The van der Waals surface area contributed by atoms with Crippen LogP contribution in [0.2, 0.25) is 0 Å². The van der Waals surface area contributed by atoms with Gasteiger partial charge in [-0.25, -0.2) is 4.79 Å². The van der Waals surface area contributed by atoms with Gasteiger partial charge in [-0.05, 0) is 13.3 Å². The van der Waals surface area contributed by atoms with Gasteiger partial charge in [0.1, 0.15) is 17.2 Å². The van der Waals surface area contributed by atoms with Crippen molar-refractivity contribution in [2.45, 2.75) is 26.4 Å². The molecule has 0 spiro atoms. The van der Waals surface area contributed by atoms with Crippen molar-refractivity contribution in [1.82, 2.24) is 0 Å². The first kappa shape index (κ1) is 13.2. The second kappa shape index (κ2) is 5.98. The standard InChI is InChI=1S/C12H16O5/c1-3-11(12(15)16-4-2)17-10-6-8(13)5-9(14)7-10/h5-7,11,13-14H,3-4H2,1-2H3. The van der Waals surface area contributed by atoms with E-state index in [1.165, 1.54) is 18.2 Å². The number of ether oxygens (including phenoxy) is 2. The summed E-state index contributed by atoms with van der Waals surface area (Å²) in [5, 5.41) is 18.5. The van der Waals surface area contributed by atoms with Crippen LogP contribution in [-0.2, 0) is 9.53 Å². The molecular weight excluding hydrogens is 224 g/mol. The average Bonchev–Trinajstić information content (AvgIpc) is 2.24. The Bertz CT molecular complexity index is 368. The van der Waals surface area contributed by atoms with E-state index in [1.807, 2.05) is 0 Å². The molecule has 0 radical (unpaired) electrons. The van der Waals surface area contributed by atoms with Crippen molar-refractivity contribution >= 4 is 5.97 Å². The topological polar surface area (TPSA) is 76.0 Å². The van der Waals surface area contributed by atoms with Crippen molar-refractivity contribution in [3.8, 4) is 17.2 Å². The first-order valence-electron chi connectivity index (χ1n) is 5.43. The summed E-state index contributed by atoms with van der Waals surface area (Å²) in [5.74, 6) is -0.488. The second-order valence-corrected chi connectivity index (χ2v) is 3.45.